The molecule has 0 saturated heterocycles. The fraction of sp³-hybridized carbons (Fsp3) is 0.333. The molecule has 0 saturated carbocycles. The smallest absolute Gasteiger partial charge is 0.231 e. The summed E-state index contributed by atoms with van der Waals surface area (Å²) in [6.07, 6.45) is 0.964. The fourth-order valence-electron chi connectivity index (χ4n) is 3.55. The van der Waals surface area contributed by atoms with Crippen LogP contribution in [0, 0.1) is 0 Å². The Morgan fingerprint density at radius 3 is 2.65 bits per heavy atom. The van der Waals surface area contributed by atoms with Crippen molar-refractivity contribution in [3.63, 3.8) is 0 Å². The van der Waals surface area contributed by atoms with Gasteiger partial charge in [0.25, 0.3) is 0 Å². The van der Waals surface area contributed by atoms with E-state index in [1.807, 2.05) is 48.5 Å². The van der Waals surface area contributed by atoms with Crippen LogP contribution in [0.15, 0.2) is 65.3 Å². The van der Waals surface area contributed by atoms with E-state index < -0.39 is 6.10 Å². The predicted octanol–water partition coefficient (Wildman–Crippen LogP) is 3.60. The highest BCUT2D eigenvalue weighted by Gasteiger charge is 2.17. The number of aliphatic hydroxyl groups excluding tert-OH is 1. The topological polar surface area (TPSA) is 73.5 Å². The van der Waals surface area contributed by atoms with Crippen LogP contribution in [0.5, 0.6) is 17.2 Å². The summed E-state index contributed by atoms with van der Waals surface area (Å²) in [4.78, 5) is 2.17. The van der Waals surface area contributed by atoms with Gasteiger partial charge in [0, 0.05) is 19.6 Å². The third kappa shape index (κ3) is 6.01. The number of rotatable bonds is 11. The van der Waals surface area contributed by atoms with Crippen LogP contribution in [-0.4, -0.2) is 43.2 Å². The molecule has 0 unspecified atom stereocenters. The number of nitrogens with zero attached hydrogens (tertiary/aromatic N) is 1. The van der Waals surface area contributed by atoms with Crippen molar-refractivity contribution in [2.75, 3.05) is 27.1 Å². The van der Waals surface area contributed by atoms with Crippen LogP contribution in [0.4, 0.5) is 0 Å². The van der Waals surface area contributed by atoms with Gasteiger partial charge in [0.1, 0.15) is 18.1 Å². The molecule has 0 bridgehead atoms. The average molecular weight is 425 g/mol. The maximum atomic E-state index is 10.6. The molecule has 7 heteroatoms. The molecule has 0 aliphatic carbocycles. The standard InChI is InChI=1S/C24H27NO6/c1-27-21-5-2-4-18(10-21)12-25(13-19-7-8-23-24(11-19)31-17-30-23)14-20(26)15-28-16-22-6-3-9-29-22/h2-11,20,26H,12-17H2,1H3/t20-/m1/s1. The Kier molecular flexibility index (Phi) is 7.09. The largest absolute Gasteiger partial charge is 0.497 e. The van der Waals surface area contributed by atoms with Crippen molar-refractivity contribution in [2.45, 2.75) is 25.8 Å². The third-order valence-electron chi connectivity index (χ3n) is 4.99. The summed E-state index contributed by atoms with van der Waals surface area (Å²) in [5.41, 5.74) is 2.18. The van der Waals surface area contributed by atoms with Crippen molar-refractivity contribution >= 4 is 0 Å². The van der Waals surface area contributed by atoms with Gasteiger partial charge in [-0.05, 0) is 47.5 Å². The molecule has 4 rings (SSSR count). The lowest BCUT2D eigenvalue weighted by Gasteiger charge is -2.25. The number of benzene rings is 2. The van der Waals surface area contributed by atoms with Crippen LogP contribution in [-0.2, 0) is 24.4 Å². The normalized spacial score (nSPS) is 13.5. The zero-order valence-electron chi connectivity index (χ0n) is 17.5. The first kappa shape index (κ1) is 21.2. The molecule has 0 fully saturated rings. The second-order valence-corrected chi connectivity index (χ2v) is 7.46. The van der Waals surface area contributed by atoms with E-state index in [0.29, 0.717) is 26.2 Å². The predicted molar refractivity (Wildman–Crippen MR) is 114 cm³/mol. The number of furan rings is 1. The fourth-order valence-corrected chi connectivity index (χ4v) is 3.55. The highest BCUT2D eigenvalue weighted by Crippen LogP contribution is 2.33. The van der Waals surface area contributed by atoms with Gasteiger partial charge in [0.15, 0.2) is 11.5 Å². The first-order valence-corrected chi connectivity index (χ1v) is 10.2. The molecular formula is C24H27NO6. The molecule has 1 aliphatic rings. The molecule has 7 nitrogen and oxygen atoms in total. The third-order valence-corrected chi connectivity index (χ3v) is 4.99. The van der Waals surface area contributed by atoms with Crippen LogP contribution in [0.3, 0.4) is 0 Å². The second-order valence-electron chi connectivity index (χ2n) is 7.46. The van der Waals surface area contributed by atoms with Crippen LogP contribution < -0.4 is 14.2 Å². The van der Waals surface area contributed by atoms with E-state index in [1.54, 1.807) is 13.4 Å². The minimum atomic E-state index is -0.644. The summed E-state index contributed by atoms with van der Waals surface area (Å²) >= 11 is 0. The number of ether oxygens (including phenoxy) is 4. The first-order chi connectivity index (χ1) is 15.2. The van der Waals surface area contributed by atoms with Crippen molar-refractivity contribution < 1.29 is 28.5 Å². The molecule has 31 heavy (non-hydrogen) atoms. The molecule has 0 spiro atoms. The molecule has 1 atom stereocenters. The quantitative estimate of drug-likeness (QED) is 0.503. The lowest BCUT2D eigenvalue weighted by Crippen LogP contribution is -2.34. The summed E-state index contributed by atoms with van der Waals surface area (Å²) in [6, 6.07) is 17.5. The van der Waals surface area contributed by atoms with Crippen LogP contribution in [0.1, 0.15) is 16.9 Å². The molecule has 164 valence electrons. The zero-order valence-corrected chi connectivity index (χ0v) is 17.5. The first-order valence-electron chi connectivity index (χ1n) is 10.2. The minimum Gasteiger partial charge on any atom is -0.497 e. The second kappa shape index (κ2) is 10.3. The van der Waals surface area contributed by atoms with E-state index in [-0.39, 0.29) is 13.4 Å². The van der Waals surface area contributed by atoms with Gasteiger partial charge in [0.05, 0.1) is 26.1 Å². The van der Waals surface area contributed by atoms with Gasteiger partial charge in [-0.1, -0.05) is 18.2 Å². The number of aliphatic hydroxyl groups is 1. The summed E-state index contributed by atoms with van der Waals surface area (Å²) < 4.78 is 27.1. The van der Waals surface area contributed by atoms with Crippen LogP contribution in [0.2, 0.25) is 0 Å². The van der Waals surface area contributed by atoms with Gasteiger partial charge in [-0.2, -0.15) is 0 Å². The van der Waals surface area contributed by atoms with E-state index in [4.69, 9.17) is 23.4 Å². The lowest BCUT2D eigenvalue weighted by atomic mass is 10.1. The van der Waals surface area contributed by atoms with Crippen molar-refractivity contribution in [2.24, 2.45) is 0 Å². The molecule has 0 radical (unpaired) electrons. The highest BCUT2D eigenvalue weighted by molar-refractivity contribution is 5.44. The van der Waals surface area contributed by atoms with E-state index in [0.717, 1.165) is 34.1 Å². The number of fused-ring (bicyclic) bond motifs is 1. The SMILES string of the molecule is COc1cccc(CN(Cc2ccc3c(c2)OCO3)C[C@@H](O)COCc2ccco2)c1. The van der Waals surface area contributed by atoms with Crippen molar-refractivity contribution in [1.82, 2.24) is 4.90 Å². The van der Waals surface area contributed by atoms with E-state index >= 15 is 0 Å². The van der Waals surface area contributed by atoms with Crippen molar-refractivity contribution in [3.8, 4) is 17.2 Å². The Hall–Kier alpha value is -3.00. The molecule has 2 aromatic carbocycles. The van der Waals surface area contributed by atoms with Gasteiger partial charge in [-0.25, -0.2) is 0 Å². The summed E-state index contributed by atoms with van der Waals surface area (Å²) in [5, 5.41) is 10.6. The number of methoxy groups -OCH3 is 1. The monoisotopic (exact) mass is 425 g/mol. The minimum absolute atomic E-state index is 0.219. The van der Waals surface area contributed by atoms with Crippen LogP contribution >= 0.6 is 0 Å². The Balaban J connectivity index is 1.40. The molecule has 0 amide bonds. The van der Waals surface area contributed by atoms with Crippen molar-refractivity contribution in [3.05, 3.63) is 77.7 Å². The summed E-state index contributed by atoms with van der Waals surface area (Å²) in [6.45, 7) is 2.55. The molecule has 3 aromatic rings. The molecule has 1 N–H and O–H groups in total. The van der Waals surface area contributed by atoms with Gasteiger partial charge >= 0.3 is 0 Å². The molecular weight excluding hydrogens is 398 g/mol. The Labute approximate surface area is 181 Å². The molecule has 2 heterocycles. The van der Waals surface area contributed by atoms with Gasteiger partial charge in [-0.3, -0.25) is 4.90 Å². The zero-order chi connectivity index (χ0) is 21.5. The maximum absolute atomic E-state index is 10.6. The highest BCUT2D eigenvalue weighted by atomic mass is 16.7. The van der Waals surface area contributed by atoms with Crippen LogP contribution in [0.25, 0.3) is 0 Å². The Morgan fingerprint density at radius 1 is 1.00 bits per heavy atom. The summed E-state index contributed by atoms with van der Waals surface area (Å²) in [5.74, 6) is 3.05. The van der Waals surface area contributed by atoms with Gasteiger partial charge in [-0.15, -0.1) is 0 Å². The molecule has 1 aliphatic heterocycles. The van der Waals surface area contributed by atoms with Gasteiger partial charge in [0.2, 0.25) is 6.79 Å². The summed E-state index contributed by atoms with van der Waals surface area (Å²) in [7, 11) is 1.66. The van der Waals surface area contributed by atoms with E-state index in [2.05, 4.69) is 11.0 Å². The lowest BCUT2D eigenvalue weighted by molar-refractivity contribution is 0.00252. The Bertz CT molecular complexity index is 958. The average Bonchev–Trinajstić information content (AvgIpc) is 3.45. The Morgan fingerprint density at radius 2 is 1.84 bits per heavy atom. The number of hydrogen-bond acceptors (Lipinski definition) is 7. The maximum Gasteiger partial charge on any atom is 0.231 e. The number of hydrogen-bond donors (Lipinski definition) is 1. The van der Waals surface area contributed by atoms with E-state index in [1.165, 1.54) is 0 Å². The van der Waals surface area contributed by atoms with Crippen molar-refractivity contribution in [1.29, 1.82) is 0 Å². The molecule has 1 aromatic heterocycles. The van der Waals surface area contributed by atoms with E-state index in [9.17, 15) is 5.11 Å². The van der Waals surface area contributed by atoms with Gasteiger partial charge < -0.3 is 28.5 Å².